The van der Waals surface area contributed by atoms with Crippen molar-refractivity contribution in [1.82, 2.24) is 0 Å². The number of fused-ring (bicyclic) bond motifs is 3. The first-order valence-electron chi connectivity index (χ1n) is 11.6. The molecule has 3 atom stereocenters. The highest BCUT2D eigenvalue weighted by Crippen LogP contribution is 2.46. The van der Waals surface area contributed by atoms with Crippen LogP contribution in [-0.2, 0) is 16.6 Å². The maximum atomic E-state index is 14.8. The Morgan fingerprint density at radius 1 is 1.30 bits per heavy atom. The number of methoxy groups -OCH3 is 1. The summed E-state index contributed by atoms with van der Waals surface area (Å²) in [6, 6.07) is 8.95. The lowest BCUT2D eigenvalue weighted by Crippen LogP contribution is -2.48. The number of rotatable bonds is 4. The topological polar surface area (TPSA) is 59.0 Å². The number of hydrogen-bond acceptors (Lipinski definition) is 5. The van der Waals surface area contributed by atoms with E-state index in [4.69, 9.17) is 21.1 Å². The highest BCUT2D eigenvalue weighted by molar-refractivity contribution is 6.30. The van der Waals surface area contributed by atoms with Crippen LogP contribution in [0.3, 0.4) is 0 Å². The molecule has 0 saturated heterocycles. The number of aryl methyl sites for hydroxylation is 1. The summed E-state index contributed by atoms with van der Waals surface area (Å²) in [5.41, 5.74) is 2.82. The smallest absolute Gasteiger partial charge is 0.340 e. The van der Waals surface area contributed by atoms with Crippen LogP contribution in [0.25, 0.3) is 0 Å². The molecule has 176 valence electrons. The lowest BCUT2D eigenvalue weighted by Gasteiger charge is -2.44. The van der Waals surface area contributed by atoms with Gasteiger partial charge in [0.15, 0.2) is 0 Å². The van der Waals surface area contributed by atoms with E-state index in [1.165, 1.54) is 24.3 Å². The standard InChI is InChI=1S/C26H29ClFNO4/c1-32-25(31)20-10-23-24(11-22(20)28)33-15-26(14-29(23)12-17-4-5-18(17)13-30)8-2-3-16-9-19(27)6-7-21(16)26/h6-7,9-11,17-18,30H,2-5,8,12-15H2,1H3/t17-,18-,26-/m0/s1. The van der Waals surface area contributed by atoms with E-state index in [0.29, 0.717) is 30.5 Å². The highest BCUT2D eigenvalue weighted by Gasteiger charge is 2.43. The molecule has 5 nitrogen and oxygen atoms in total. The Bertz CT molecular complexity index is 1070. The molecular formula is C26H29ClFNO4. The summed E-state index contributed by atoms with van der Waals surface area (Å²) in [5, 5.41) is 10.5. The van der Waals surface area contributed by atoms with Gasteiger partial charge in [-0.15, -0.1) is 0 Å². The fourth-order valence-corrected chi connectivity index (χ4v) is 6.00. The summed E-state index contributed by atoms with van der Waals surface area (Å²) >= 11 is 6.29. The average Bonchev–Trinajstić information content (AvgIpc) is 2.93. The summed E-state index contributed by atoms with van der Waals surface area (Å²) in [7, 11) is 1.25. The zero-order valence-corrected chi connectivity index (χ0v) is 19.5. The van der Waals surface area contributed by atoms with Crippen molar-refractivity contribution < 1.29 is 23.8 Å². The summed E-state index contributed by atoms with van der Waals surface area (Å²) < 4.78 is 25.9. The molecule has 0 radical (unpaired) electrons. The summed E-state index contributed by atoms with van der Waals surface area (Å²) in [5.74, 6) is -0.296. The quantitative estimate of drug-likeness (QED) is 0.649. The Balaban J connectivity index is 1.58. The van der Waals surface area contributed by atoms with Gasteiger partial charge in [-0.1, -0.05) is 17.7 Å². The van der Waals surface area contributed by atoms with E-state index in [1.807, 2.05) is 12.1 Å². The van der Waals surface area contributed by atoms with E-state index in [9.17, 15) is 14.3 Å². The largest absolute Gasteiger partial charge is 0.490 e. The van der Waals surface area contributed by atoms with Gasteiger partial charge in [0.2, 0.25) is 0 Å². The number of anilines is 1. The van der Waals surface area contributed by atoms with Crippen molar-refractivity contribution in [3.8, 4) is 5.75 Å². The molecule has 1 aliphatic heterocycles. The number of carbonyl (C=O) groups is 1. The van der Waals surface area contributed by atoms with Gasteiger partial charge in [0.05, 0.1) is 25.0 Å². The zero-order chi connectivity index (χ0) is 23.2. The molecule has 3 aliphatic rings. The van der Waals surface area contributed by atoms with Gasteiger partial charge in [-0.25, -0.2) is 9.18 Å². The van der Waals surface area contributed by atoms with Crippen molar-refractivity contribution in [2.75, 3.05) is 38.3 Å². The molecule has 0 bridgehead atoms. The fraction of sp³-hybridized carbons (Fsp3) is 0.500. The van der Waals surface area contributed by atoms with E-state index in [-0.39, 0.29) is 23.5 Å². The van der Waals surface area contributed by atoms with Crippen LogP contribution in [0.15, 0.2) is 30.3 Å². The maximum Gasteiger partial charge on any atom is 0.340 e. The predicted octanol–water partition coefficient (Wildman–Crippen LogP) is 4.76. The molecule has 0 unspecified atom stereocenters. The molecule has 1 fully saturated rings. The first-order valence-corrected chi connectivity index (χ1v) is 12.0. The van der Waals surface area contributed by atoms with E-state index in [2.05, 4.69) is 11.0 Å². The highest BCUT2D eigenvalue weighted by atomic mass is 35.5. The molecule has 1 saturated carbocycles. The SMILES string of the molecule is COC(=O)c1cc2c(cc1F)OC[C@]1(CCCc3cc(Cl)ccc31)CN2C[C@@H]1CC[C@H]1CO. The zero-order valence-electron chi connectivity index (χ0n) is 18.8. The molecule has 7 heteroatoms. The van der Waals surface area contributed by atoms with Gasteiger partial charge in [-0.05, 0) is 73.3 Å². The first kappa shape index (κ1) is 22.5. The number of benzene rings is 2. The predicted molar refractivity (Wildman–Crippen MR) is 125 cm³/mol. The summed E-state index contributed by atoms with van der Waals surface area (Å²) in [6.07, 6.45) is 5.00. The van der Waals surface area contributed by atoms with Crippen molar-refractivity contribution in [1.29, 1.82) is 0 Å². The second-order valence-corrected chi connectivity index (χ2v) is 10.1. The minimum Gasteiger partial charge on any atom is -0.490 e. The van der Waals surface area contributed by atoms with E-state index < -0.39 is 11.8 Å². The van der Waals surface area contributed by atoms with Gasteiger partial charge in [-0.2, -0.15) is 0 Å². The Labute approximate surface area is 198 Å². The van der Waals surface area contributed by atoms with E-state index in [1.54, 1.807) is 6.07 Å². The van der Waals surface area contributed by atoms with Crippen LogP contribution >= 0.6 is 11.6 Å². The number of ether oxygens (including phenoxy) is 2. The summed E-state index contributed by atoms with van der Waals surface area (Å²) in [4.78, 5) is 14.5. The van der Waals surface area contributed by atoms with Crippen LogP contribution < -0.4 is 9.64 Å². The summed E-state index contributed by atoms with van der Waals surface area (Å²) in [6.45, 7) is 2.01. The van der Waals surface area contributed by atoms with Gasteiger partial charge in [-0.3, -0.25) is 0 Å². The Hall–Kier alpha value is -2.31. The number of hydrogen-bond donors (Lipinski definition) is 1. The minimum atomic E-state index is -0.705. The molecular weight excluding hydrogens is 445 g/mol. The second-order valence-electron chi connectivity index (χ2n) is 9.68. The van der Waals surface area contributed by atoms with Crippen molar-refractivity contribution in [3.05, 3.63) is 57.9 Å². The molecule has 33 heavy (non-hydrogen) atoms. The Kier molecular flexibility index (Phi) is 6.00. The molecule has 1 N–H and O–H groups in total. The van der Waals surface area contributed by atoms with E-state index in [0.717, 1.165) is 43.7 Å². The number of esters is 1. The normalized spacial score (nSPS) is 26.0. The van der Waals surface area contributed by atoms with Crippen LogP contribution in [0.2, 0.25) is 5.02 Å². The molecule has 2 aromatic rings. The van der Waals surface area contributed by atoms with Crippen LogP contribution in [0.4, 0.5) is 10.1 Å². The third kappa shape index (κ3) is 3.97. The fourth-order valence-electron chi connectivity index (χ4n) is 5.80. The molecule has 1 heterocycles. The van der Waals surface area contributed by atoms with Crippen molar-refractivity contribution in [2.45, 2.75) is 37.5 Å². The Morgan fingerprint density at radius 2 is 2.12 bits per heavy atom. The molecule has 2 aromatic carbocycles. The lowest BCUT2D eigenvalue weighted by molar-refractivity contribution is 0.0595. The molecule has 2 aliphatic carbocycles. The lowest BCUT2D eigenvalue weighted by atomic mass is 9.69. The van der Waals surface area contributed by atoms with Crippen molar-refractivity contribution in [2.24, 2.45) is 11.8 Å². The Morgan fingerprint density at radius 3 is 2.85 bits per heavy atom. The first-order chi connectivity index (χ1) is 15.9. The molecule has 1 spiro atoms. The van der Waals surface area contributed by atoms with Gasteiger partial charge >= 0.3 is 5.97 Å². The maximum absolute atomic E-state index is 14.8. The van der Waals surface area contributed by atoms with Crippen LogP contribution in [0, 0.1) is 17.7 Å². The number of carbonyl (C=O) groups excluding carboxylic acids is 1. The van der Waals surface area contributed by atoms with Crippen LogP contribution in [0.5, 0.6) is 5.75 Å². The van der Waals surface area contributed by atoms with Crippen molar-refractivity contribution in [3.63, 3.8) is 0 Å². The van der Waals surface area contributed by atoms with Gasteiger partial charge in [0, 0.05) is 36.2 Å². The number of aliphatic hydroxyl groups is 1. The molecule has 5 rings (SSSR count). The number of nitrogens with zero attached hydrogens (tertiary/aromatic N) is 1. The third-order valence-electron chi connectivity index (χ3n) is 7.80. The van der Waals surface area contributed by atoms with Gasteiger partial charge < -0.3 is 19.5 Å². The van der Waals surface area contributed by atoms with Gasteiger partial charge in [0.1, 0.15) is 11.6 Å². The van der Waals surface area contributed by atoms with Crippen molar-refractivity contribution >= 4 is 23.3 Å². The van der Waals surface area contributed by atoms with Crippen LogP contribution in [-0.4, -0.2) is 44.5 Å². The number of aliphatic hydroxyl groups excluding tert-OH is 1. The second kappa shape index (κ2) is 8.80. The van der Waals surface area contributed by atoms with Gasteiger partial charge in [0.25, 0.3) is 0 Å². The molecule has 0 amide bonds. The van der Waals surface area contributed by atoms with E-state index >= 15 is 0 Å². The third-order valence-corrected chi connectivity index (χ3v) is 8.03. The monoisotopic (exact) mass is 473 g/mol. The minimum absolute atomic E-state index is 0.0936. The average molecular weight is 474 g/mol. The van der Waals surface area contributed by atoms with Crippen LogP contribution in [0.1, 0.15) is 47.2 Å². The molecule has 0 aromatic heterocycles. The number of halogens is 2.